The van der Waals surface area contributed by atoms with E-state index in [9.17, 15) is 27.6 Å². The van der Waals surface area contributed by atoms with Crippen LogP contribution in [0.15, 0.2) is 109 Å². The van der Waals surface area contributed by atoms with Gasteiger partial charge in [-0.15, -0.1) is 0 Å². The van der Waals surface area contributed by atoms with Gasteiger partial charge < -0.3 is 28.9 Å². The lowest BCUT2D eigenvalue weighted by Crippen LogP contribution is -2.56. The number of halogens is 3. The second-order valence-corrected chi connectivity index (χ2v) is 23.9. The predicted octanol–water partition coefficient (Wildman–Crippen LogP) is 8.83. The molecule has 2 saturated heterocycles. The molecular weight excluding hydrogens is 858 g/mol. The van der Waals surface area contributed by atoms with Crippen LogP contribution in [0.25, 0.3) is 6.08 Å². The standard InChI is InChI=1S/C52H67F3N6O4Si/c1-40(62)58-31-33-59(34-32-58)47-24-17-44(18-25-47)39-61(49(63)26-19-41-13-20-45(21-14-41)52(53,54)55)48(37-42-11-9-8-10-12-42)50(64)60-29-27-57(28-30-60)38-43-15-22-46(23-16-43)56(5)35-36-65-66(6,7)51(2,3)4/h8-26,48H,27-39H2,1-7H3/b26-19-/t48-/m0/s1. The molecule has 354 valence electrons. The number of alkyl halides is 3. The van der Waals surface area contributed by atoms with Crippen LogP contribution in [0.2, 0.25) is 18.1 Å². The van der Waals surface area contributed by atoms with Crippen molar-refractivity contribution in [3.63, 3.8) is 0 Å². The summed E-state index contributed by atoms with van der Waals surface area (Å²) in [5, 5.41) is 0.167. The van der Waals surface area contributed by atoms with Crippen molar-refractivity contribution in [2.75, 3.05) is 82.4 Å². The lowest BCUT2D eigenvalue weighted by Gasteiger charge is -2.39. The third-order valence-electron chi connectivity index (χ3n) is 13.4. The Morgan fingerprint density at radius 3 is 1.91 bits per heavy atom. The Morgan fingerprint density at radius 1 is 0.742 bits per heavy atom. The third-order valence-corrected chi connectivity index (χ3v) is 18.0. The second kappa shape index (κ2) is 21.9. The summed E-state index contributed by atoms with van der Waals surface area (Å²) < 4.78 is 46.4. The number of anilines is 2. The van der Waals surface area contributed by atoms with Crippen LogP contribution in [-0.4, -0.2) is 124 Å². The van der Waals surface area contributed by atoms with Crippen molar-refractivity contribution >= 4 is 43.5 Å². The zero-order valence-corrected chi connectivity index (χ0v) is 40.7. The highest BCUT2D eigenvalue weighted by Gasteiger charge is 2.37. The molecule has 0 spiro atoms. The maximum atomic E-state index is 14.9. The van der Waals surface area contributed by atoms with Gasteiger partial charge in [-0.05, 0) is 82.9 Å². The van der Waals surface area contributed by atoms with Crippen LogP contribution in [-0.2, 0) is 44.5 Å². The minimum Gasteiger partial charge on any atom is -0.415 e. The molecule has 0 aromatic heterocycles. The molecule has 3 amide bonds. The van der Waals surface area contributed by atoms with E-state index in [1.807, 2.05) is 64.4 Å². The van der Waals surface area contributed by atoms with Crippen LogP contribution in [0.1, 0.15) is 55.5 Å². The number of likely N-dealkylation sites (N-methyl/N-ethyl adjacent to an activating group) is 1. The summed E-state index contributed by atoms with van der Waals surface area (Å²) in [6, 6.07) is 30.0. The minimum absolute atomic E-state index is 0.0627. The van der Waals surface area contributed by atoms with Gasteiger partial charge in [0.15, 0.2) is 8.32 Å². The maximum absolute atomic E-state index is 14.9. The highest BCUT2D eigenvalue weighted by Crippen LogP contribution is 2.36. The number of nitrogens with zero attached hydrogens (tertiary/aromatic N) is 6. The molecule has 0 aliphatic carbocycles. The van der Waals surface area contributed by atoms with Gasteiger partial charge in [0.2, 0.25) is 17.7 Å². The van der Waals surface area contributed by atoms with E-state index >= 15 is 0 Å². The van der Waals surface area contributed by atoms with E-state index < -0.39 is 32.0 Å². The number of rotatable bonds is 16. The zero-order valence-electron chi connectivity index (χ0n) is 39.7. The molecule has 4 aromatic rings. The summed E-state index contributed by atoms with van der Waals surface area (Å²) in [7, 11) is 0.275. The molecule has 14 heteroatoms. The topological polar surface area (TPSA) is 79.9 Å². The third kappa shape index (κ3) is 13.6. The summed E-state index contributed by atoms with van der Waals surface area (Å²) >= 11 is 0. The van der Waals surface area contributed by atoms with Crippen LogP contribution in [0.5, 0.6) is 0 Å². The van der Waals surface area contributed by atoms with E-state index in [0.29, 0.717) is 64.5 Å². The quantitative estimate of drug-likeness (QED) is 0.0822. The first-order valence-electron chi connectivity index (χ1n) is 23.0. The number of hydrogen-bond acceptors (Lipinski definition) is 7. The summed E-state index contributed by atoms with van der Waals surface area (Å²) in [5.41, 5.74) is 4.70. The molecule has 0 saturated carbocycles. The van der Waals surface area contributed by atoms with E-state index in [4.69, 9.17) is 4.43 Å². The lowest BCUT2D eigenvalue weighted by atomic mass is 10.0. The molecule has 2 fully saturated rings. The number of hydrogen-bond donors (Lipinski definition) is 0. The van der Waals surface area contributed by atoms with Crippen molar-refractivity contribution in [1.29, 1.82) is 0 Å². The molecule has 0 bridgehead atoms. The van der Waals surface area contributed by atoms with Crippen LogP contribution in [0.4, 0.5) is 24.5 Å². The van der Waals surface area contributed by atoms with E-state index in [-0.39, 0.29) is 29.8 Å². The summed E-state index contributed by atoms with van der Waals surface area (Å²) in [5.74, 6) is -0.517. The zero-order chi connectivity index (χ0) is 47.6. The molecule has 4 aromatic carbocycles. The Labute approximate surface area is 390 Å². The van der Waals surface area contributed by atoms with Crippen LogP contribution >= 0.6 is 0 Å². The van der Waals surface area contributed by atoms with Gasteiger partial charge in [0, 0.05) is 110 Å². The summed E-state index contributed by atoms with van der Waals surface area (Å²) in [4.78, 5) is 53.3. The Balaban J connectivity index is 1.16. The van der Waals surface area contributed by atoms with Gasteiger partial charge in [-0.3, -0.25) is 19.3 Å². The molecule has 0 N–H and O–H groups in total. The molecule has 2 aliphatic rings. The normalized spacial score (nSPS) is 15.8. The molecule has 2 aliphatic heterocycles. The molecule has 10 nitrogen and oxygen atoms in total. The van der Waals surface area contributed by atoms with Crippen molar-refractivity contribution in [2.45, 2.75) is 77.6 Å². The van der Waals surface area contributed by atoms with Gasteiger partial charge in [-0.25, -0.2) is 0 Å². The van der Waals surface area contributed by atoms with Crippen molar-refractivity contribution in [3.8, 4) is 0 Å². The van der Waals surface area contributed by atoms with Gasteiger partial charge >= 0.3 is 6.18 Å². The number of piperazine rings is 2. The van der Waals surface area contributed by atoms with E-state index in [0.717, 1.165) is 47.7 Å². The minimum atomic E-state index is -4.48. The van der Waals surface area contributed by atoms with E-state index in [2.05, 4.69) is 79.9 Å². The Bertz CT molecular complexity index is 2230. The van der Waals surface area contributed by atoms with Crippen molar-refractivity contribution in [3.05, 3.63) is 137 Å². The predicted molar refractivity (Wildman–Crippen MR) is 261 cm³/mol. The smallest absolute Gasteiger partial charge is 0.415 e. The van der Waals surface area contributed by atoms with Gasteiger partial charge in [0.25, 0.3) is 0 Å². The number of benzene rings is 4. The fraction of sp³-hybridized carbons (Fsp3) is 0.442. The first-order chi connectivity index (χ1) is 31.3. The van der Waals surface area contributed by atoms with Gasteiger partial charge in [0.05, 0.1) is 12.2 Å². The molecule has 1 atom stereocenters. The Kier molecular flexibility index (Phi) is 16.6. The van der Waals surface area contributed by atoms with Crippen LogP contribution < -0.4 is 9.80 Å². The highest BCUT2D eigenvalue weighted by molar-refractivity contribution is 6.74. The highest BCUT2D eigenvalue weighted by atomic mass is 28.4. The Hall–Kier alpha value is -5.44. The first kappa shape index (κ1) is 50.0. The molecule has 0 radical (unpaired) electrons. The fourth-order valence-corrected chi connectivity index (χ4v) is 9.11. The van der Waals surface area contributed by atoms with Crippen molar-refractivity contribution in [1.82, 2.24) is 19.6 Å². The molecule has 66 heavy (non-hydrogen) atoms. The molecular formula is C52H67F3N6O4Si. The van der Waals surface area contributed by atoms with Crippen molar-refractivity contribution in [2.24, 2.45) is 0 Å². The fourth-order valence-electron chi connectivity index (χ4n) is 8.08. The summed E-state index contributed by atoms with van der Waals surface area (Å²) in [6.07, 6.45) is -1.35. The average molecular weight is 925 g/mol. The molecule has 0 unspecified atom stereocenters. The van der Waals surface area contributed by atoms with Crippen LogP contribution in [0.3, 0.4) is 0 Å². The van der Waals surface area contributed by atoms with Gasteiger partial charge in [-0.1, -0.05) is 87.5 Å². The average Bonchev–Trinajstić information content (AvgIpc) is 3.29. The largest absolute Gasteiger partial charge is 0.416 e. The van der Waals surface area contributed by atoms with Crippen LogP contribution in [0, 0.1) is 0 Å². The monoisotopic (exact) mass is 924 g/mol. The maximum Gasteiger partial charge on any atom is 0.416 e. The molecule has 6 rings (SSSR count). The van der Waals surface area contributed by atoms with E-state index in [1.54, 1.807) is 11.8 Å². The number of amides is 3. The summed E-state index contributed by atoms with van der Waals surface area (Å²) in [6.45, 7) is 20.3. The van der Waals surface area contributed by atoms with E-state index in [1.165, 1.54) is 29.8 Å². The van der Waals surface area contributed by atoms with Crippen molar-refractivity contribution < 1.29 is 32.0 Å². The van der Waals surface area contributed by atoms with Gasteiger partial charge in [0.1, 0.15) is 6.04 Å². The number of carbonyl (C=O) groups is 3. The first-order valence-corrected chi connectivity index (χ1v) is 25.9. The van der Waals surface area contributed by atoms with Gasteiger partial charge in [-0.2, -0.15) is 13.2 Å². The lowest BCUT2D eigenvalue weighted by molar-refractivity contribution is -0.145. The second-order valence-electron chi connectivity index (χ2n) is 19.1. The SMILES string of the molecule is CC(=O)N1CCN(c2ccc(CN(C(=O)/C=C\c3ccc(C(F)(F)F)cc3)[C@@H](Cc3ccccc3)C(=O)N3CCN(Cc4ccc(N(C)CCO[Si](C)(C)C(C)(C)C)cc4)CC3)cc2)CC1. The number of carbonyl (C=O) groups excluding carboxylic acids is 3. The Morgan fingerprint density at radius 2 is 1.33 bits per heavy atom. The molecule has 2 heterocycles.